The lowest BCUT2D eigenvalue weighted by Crippen LogP contribution is -2.26. The Balaban J connectivity index is 4.17. The summed E-state index contributed by atoms with van der Waals surface area (Å²) in [5.41, 5.74) is 0. The summed E-state index contributed by atoms with van der Waals surface area (Å²) in [6.07, 6.45) is 3.67. The van der Waals surface area contributed by atoms with E-state index in [-0.39, 0.29) is 0 Å². The molecule has 0 radical (unpaired) electrons. The van der Waals surface area contributed by atoms with E-state index in [0.717, 1.165) is 12.8 Å². The monoisotopic (exact) mass is 200 g/mol. The number of esters is 2. The maximum absolute atomic E-state index is 11.2. The van der Waals surface area contributed by atoms with Crippen molar-refractivity contribution >= 4 is 11.9 Å². The minimum absolute atomic E-state index is 0.436. The molecule has 0 aromatic rings. The van der Waals surface area contributed by atoms with E-state index >= 15 is 0 Å². The Bertz CT molecular complexity index is 194. The maximum Gasteiger partial charge on any atom is 0.320 e. The van der Waals surface area contributed by atoms with Crippen LogP contribution in [0.2, 0.25) is 0 Å². The highest BCUT2D eigenvalue weighted by atomic mass is 16.5. The molecule has 4 heteroatoms. The molecule has 0 heterocycles. The molecule has 0 N–H and O–H groups in total. The van der Waals surface area contributed by atoms with E-state index < -0.39 is 17.9 Å². The van der Waals surface area contributed by atoms with E-state index in [4.69, 9.17) is 0 Å². The van der Waals surface area contributed by atoms with Gasteiger partial charge in [0.25, 0.3) is 0 Å². The molecule has 0 unspecified atom stereocenters. The number of ether oxygens (including phenoxy) is 2. The van der Waals surface area contributed by atoms with Crippen LogP contribution < -0.4 is 0 Å². The molecule has 80 valence electrons. The Kier molecular flexibility index (Phi) is 6.45. The van der Waals surface area contributed by atoms with Crippen molar-refractivity contribution in [2.24, 2.45) is 5.92 Å². The molecule has 0 rings (SSSR count). The van der Waals surface area contributed by atoms with E-state index in [1.807, 2.05) is 0 Å². The van der Waals surface area contributed by atoms with Crippen LogP contribution in [0.25, 0.3) is 0 Å². The van der Waals surface area contributed by atoms with Gasteiger partial charge in [0.05, 0.1) is 14.2 Å². The van der Waals surface area contributed by atoms with Gasteiger partial charge in [-0.15, -0.1) is 6.58 Å². The highest BCUT2D eigenvalue weighted by Crippen LogP contribution is 2.12. The number of carbonyl (C=O) groups is 2. The van der Waals surface area contributed by atoms with Gasteiger partial charge >= 0.3 is 11.9 Å². The summed E-state index contributed by atoms with van der Waals surface area (Å²) >= 11 is 0. The van der Waals surface area contributed by atoms with Crippen molar-refractivity contribution in [1.82, 2.24) is 0 Å². The zero-order chi connectivity index (χ0) is 11.0. The summed E-state index contributed by atoms with van der Waals surface area (Å²) in [6.45, 7) is 3.56. The Morgan fingerprint density at radius 2 is 1.79 bits per heavy atom. The minimum atomic E-state index is -0.801. The molecule has 4 nitrogen and oxygen atoms in total. The fourth-order valence-corrected chi connectivity index (χ4v) is 1.08. The molecular formula is C10H16O4. The molecule has 0 saturated carbocycles. The van der Waals surface area contributed by atoms with Crippen molar-refractivity contribution in [3.63, 3.8) is 0 Å². The Morgan fingerprint density at radius 1 is 1.29 bits per heavy atom. The lowest BCUT2D eigenvalue weighted by Gasteiger charge is -2.11. The van der Waals surface area contributed by atoms with Gasteiger partial charge in [-0.3, -0.25) is 9.59 Å². The van der Waals surface area contributed by atoms with Crippen LogP contribution in [0.3, 0.4) is 0 Å². The average Bonchev–Trinajstić information content (AvgIpc) is 2.22. The number of carbonyl (C=O) groups excluding carboxylic acids is 2. The van der Waals surface area contributed by atoms with Gasteiger partial charge in [-0.1, -0.05) is 6.08 Å². The van der Waals surface area contributed by atoms with Gasteiger partial charge in [0.15, 0.2) is 5.92 Å². The fourth-order valence-electron chi connectivity index (χ4n) is 1.08. The molecule has 0 fully saturated rings. The van der Waals surface area contributed by atoms with E-state index in [1.54, 1.807) is 6.08 Å². The van der Waals surface area contributed by atoms with Crippen molar-refractivity contribution in [1.29, 1.82) is 0 Å². The normalized spacial score (nSPS) is 9.64. The first kappa shape index (κ1) is 12.7. The first-order valence-corrected chi connectivity index (χ1v) is 4.44. The van der Waals surface area contributed by atoms with Gasteiger partial charge in [0.2, 0.25) is 0 Å². The zero-order valence-electron chi connectivity index (χ0n) is 8.62. The van der Waals surface area contributed by atoms with Gasteiger partial charge in [-0.25, -0.2) is 0 Å². The van der Waals surface area contributed by atoms with Crippen LogP contribution in [0, 0.1) is 5.92 Å². The third-order valence-corrected chi connectivity index (χ3v) is 1.87. The largest absolute Gasteiger partial charge is 0.468 e. The number of unbranched alkanes of at least 4 members (excludes halogenated alkanes) is 1. The first-order chi connectivity index (χ1) is 6.67. The van der Waals surface area contributed by atoms with Crippen LogP contribution >= 0.6 is 0 Å². The zero-order valence-corrected chi connectivity index (χ0v) is 8.62. The topological polar surface area (TPSA) is 52.6 Å². The molecule has 0 bridgehead atoms. The second-order valence-electron chi connectivity index (χ2n) is 2.82. The van der Waals surface area contributed by atoms with Gasteiger partial charge in [-0.05, 0) is 19.3 Å². The lowest BCUT2D eigenvalue weighted by molar-refractivity contribution is -0.159. The summed E-state index contributed by atoms with van der Waals surface area (Å²) in [5, 5.41) is 0. The van der Waals surface area contributed by atoms with E-state index in [0.29, 0.717) is 6.42 Å². The summed E-state index contributed by atoms with van der Waals surface area (Å²) in [7, 11) is 2.51. The Labute approximate surface area is 83.9 Å². The maximum atomic E-state index is 11.2. The molecule has 0 aliphatic heterocycles. The summed E-state index contributed by atoms with van der Waals surface area (Å²) in [6, 6.07) is 0. The molecule has 14 heavy (non-hydrogen) atoms. The van der Waals surface area contributed by atoms with Crippen LogP contribution in [-0.4, -0.2) is 26.2 Å². The average molecular weight is 200 g/mol. The lowest BCUT2D eigenvalue weighted by atomic mass is 10.0. The number of hydrogen-bond donors (Lipinski definition) is 0. The predicted molar refractivity (Wildman–Crippen MR) is 51.6 cm³/mol. The first-order valence-electron chi connectivity index (χ1n) is 4.44. The highest BCUT2D eigenvalue weighted by Gasteiger charge is 2.27. The second kappa shape index (κ2) is 7.12. The van der Waals surface area contributed by atoms with Crippen molar-refractivity contribution in [3.05, 3.63) is 12.7 Å². The van der Waals surface area contributed by atoms with E-state index in [2.05, 4.69) is 16.1 Å². The highest BCUT2D eigenvalue weighted by molar-refractivity contribution is 5.94. The SMILES string of the molecule is C=CCCCC(C(=O)OC)C(=O)OC. The number of hydrogen-bond acceptors (Lipinski definition) is 4. The van der Waals surface area contributed by atoms with Crippen LogP contribution in [0.15, 0.2) is 12.7 Å². The van der Waals surface area contributed by atoms with Gasteiger partial charge in [-0.2, -0.15) is 0 Å². The standard InChI is InChI=1S/C10H16O4/c1-4-5-6-7-8(9(11)13-2)10(12)14-3/h4,8H,1,5-7H2,2-3H3. The van der Waals surface area contributed by atoms with Crippen LogP contribution in [-0.2, 0) is 19.1 Å². The summed E-state index contributed by atoms with van der Waals surface area (Å²) in [4.78, 5) is 22.3. The molecule has 0 saturated heterocycles. The number of rotatable bonds is 6. The smallest absolute Gasteiger partial charge is 0.320 e. The van der Waals surface area contributed by atoms with Crippen molar-refractivity contribution in [2.75, 3.05) is 14.2 Å². The molecule has 0 aromatic heterocycles. The molecule has 0 atom stereocenters. The third kappa shape index (κ3) is 4.07. The van der Waals surface area contributed by atoms with Crippen LogP contribution in [0.1, 0.15) is 19.3 Å². The summed E-state index contributed by atoms with van der Waals surface area (Å²) in [5.74, 6) is -1.88. The molecule has 0 spiro atoms. The molecule has 0 aliphatic rings. The quantitative estimate of drug-likeness (QED) is 0.281. The van der Waals surface area contributed by atoms with E-state index in [9.17, 15) is 9.59 Å². The number of allylic oxidation sites excluding steroid dienone is 1. The Morgan fingerprint density at radius 3 is 2.14 bits per heavy atom. The minimum Gasteiger partial charge on any atom is -0.468 e. The van der Waals surface area contributed by atoms with Crippen molar-refractivity contribution in [2.45, 2.75) is 19.3 Å². The van der Waals surface area contributed by atoms with Gasteiger partial charge in [0, 0.05) is 0 Å². The number of methoxy groups -OCH3 is 2. The fraction of sp³-hybridized carbons (Fsp3) is 0.600. The summed E-state index contributed by atoms with van der Waals surface area (Å²) < 4.78 is 9.00. The Hall–Kier alpha value is -1.32. The molecule has 0 aliphatic carbocycles. The van der Waals surface area contributed by atoms with Gasteiger partial charge in [0.1, 0.15) is 0 Å². The van der Waals surface area contributed by atoms with Crippen molar-refractivity contribution < 1.29 is 19.1 Å². The molecule has 0 amide bonds. The third-order valence-electron chi connectivity index (χ3n) is 1.87. The van der Waals surface area contributed by atoms with Crippen LogP contribution in [0.4, 0.5) is 0 Å². The molecular weight excluding hydrogens is 184 g/mol. The van der Waals surface area contributed by atoms with Crippen LogP contribution in [0.5, 0.6) is 0 Å². The van der Waals surface area contributed by atoms with Crippen molar-refractivity contribution in [3.8, 4) is 0 Å². The second-order valence-corrected chi connectivity index (χ2v) is 2.82. The molecule has 0 aromatic carbocycles. The predicted octanol–water partition coefficient (Wildman–Crippen LogP) is 1.30. The van der Waals surface area contributed by atoms with Gasteiger partial charge < -0.3 is 9.47 Å². The van der Waals surface area contributed by atoms with E-state index in [1.165, 1.54) is 14.2 Å².